The maximum Gasteiger partial charge on any atom is 0.251 e. The first-order chi connectivity index (χ1) is 13.8. The van der Waals surface area contributed by atoms with Gasteiger partial charge < -0.3 is 9.64 Å². The zero-order valence-electron chi connectivity index (χ0n) is 15.6. The van der Waals surface area contributed by atoms with Crippen molar-refractivity contribution in [1.29, 1.82) is 0 Å². The summed E-state index contributed by atoms with van der Waals surface area (Å²) in [7, 11) is 0. The van der Waals surface area contributed by atoms with Crippen molar-refractivity contribution in [3.63, 3.8) is 0 Å². The van der Waals surface area contributed by atoms with Crippen molar-refractivity contribution in [2.24, 2.45) is 5.92 Å². The molecule has 2 fully saturated rings. The molecular weight excluding hydrogens is 420 g/mol. The highest BCUT2D eigenvalue weighted by atomic mass is 35.5. The van der Waals surface area contributed by atoms with Gasteiger partial charge in [0, 0.05) is 18.7 Å². The average Bonchev–Trinajstić information content (AvgIpc) is 2.62. The minimum absolute atomic E-state index is 0.0237. The summed E-state index contributed by atoms with van der Waals surface area (Å²) in [5.41, 5.74) is 1.36. The Morgan fingerprint density at radius 2 is 2.00 bits per heavy atom. The Hall–Kier alpha value is -2.22. The van der Waals surface area contributed by atoms with Gasteiger partial charge in [-0.1, -0.05) is 29.3 Å². The van der Waals surface area contributed by atoms with Crippen molar-refractivity contribution in [1.82, 2.24) is 9.88 Å². The third kappa shape index (κ3) is 3.82. The van der Waals surface area contributed by atoms with Gasteiger partial charge >= 0.3 is 0 Å². The van der Waals surface area contributed by atoms with Crippen molar-refractivity contribution in [3.05, 3.63) is 57.5 Å². The van der Waals surface area contributed by atoms with Gasteiger partial charge in [-0.3, -0.25) is 14.5 Å². The number of ether oxygens (including phenoxy) is 1. The van der Waals surface area contributed by atoms with E-state index >= 15 is 0 Å². The largest absolute Gasteiger partial charge is 0.380 e. The van der Waals surface area contributed by atoms with Crippen LogP contribution >= 0.6 is 23.2 Å². The number of hydrogen-bond donors (Lipinski definition) is 0. The summed E-state index contributed by atoms with van der Waals surface area (Å²) in [5, 5.41) is 0.435. The molecule has 1 aromatic heterocycles. The Bertz CT molecular complexity index is 983. The molecule has 0 aliphatic carbocycles. The summed E-state index contributed by atoms with van der Waals surface area (Å²) in [4.78, 5) is 33.6. The van der Waals surface area contributed by atoms with E-state index in [9.17, 15) is 14.0 Å². The van der Waals surface area contributed by atoms with E-state index in [4.69, 9.17) is 27.9 Å². The summed E-state index contributed by atoms with van der Waals surface area (Å²) in [6, 6.07) is 5.30. The van der Waals surface area contributed by atoms with Gasteiger partial charge in [0.15, 0.2) is 0 Å². The predicted octanol–water partition coefficient (Wildman–Crippen LogP) is 3.23. The smallest absolute Gasteiger partial charge is 0.251 e. The molecule has 2 amide bonds. The molecule has 2 aliphatic heterocycles. The average molecular weight is 438 g/mol. The second-order valence-corrected chi connectivity index (χ2v) is 8.07. The van der Waals surface area contributed by atoms with Crippen LogP contribution in [-0.2, 0) is 20.9 Å². The van der Waals surface area contributed by atoms with Crippen molar-refractivity contribution in [3.8, 4) is 0 Å². The zero-order chi connectivity index (χ0) is 20.7. The molecule has 2 aliphatic rings. The van der Waals surface area contributed by atoms with Crippen LogP contribution in [0.1, 0.15) is 11.1 Å². The lowest BCUT2D eigenvalue weighted by atomic mass is 9.92. The summed E-state index contributed by atoms with van der Waals surface area (Å²) < 4.78 is 18.8. The highest BCUT2D eigenvalue weighted by Gasteiger charge is 2.47. The fourth-order valence-corrected chi connectivity index (χ4v) is 4.08. The molecule has 1 unspecified atom stereocenters. The number of pyridine rings is 1. The van der Waals surface area contributed by atoms with E-state index in [0.29, 0.717) is 35.2 Å². The van der Waals surface area contributed by atoms with Crippen molar-refractivity contribution < 1.29 is 18.7 Å². The summed E-state index contributed by atoms with van der Waals surface area (Å²) in [5.74, 6) is -0.668. The number of carbonyl (C=O) groups is 2. The lowest BCUT2D eigenvalue weighted by Crippen LogP contribution is -2.65. The number of rotatable bonds is 4. The standard InChI is InChI=1S/C20H18Cl2FN3O3/c1-11-4-14(21)6-24-19(11)26-8-17(27)25(18(20(26)28)13-9-29-10-13)7-12-2-3-16(23)15(22)5-12/h2-6,13,18H,7-10H2,1H3. The van der Waals surface area contributed by atoms with Crippen molar-refractivity contribution in [2.45, 2.75) is 19.5 Å². The van der Waals surface area contributed by atoms with Crippen LogP contribution < -0.4 is 4.90 Å². The third-order valence-electron chi connectivity index (χ3n) is 5.19. The van der Waals surface area contributed by atoms with E-state index in [1.165, 1.54) is 28.1 Å². The topological polar surface area (TPSA) is 62.7 Å². The van der Waals surface area contributed by atoms with Gasteiger partial charge in [-0.05, 0) is 36.2 Å². The zero-order valence-corrected chi connectivity index (χ0v) is 17.1. The van der Waals surface area contributed by atoms with E-state index in [1.807, 2.05) is 0 Å². The van der Waals surface area contributed by atoms with Gasteiger partial charge in [0.2, 0.25) is 5.91 Å². The number of anilines is 1. The second-order valence-electron chi connectivity index (χ2n) is 7.23. The molecule has 0 spiro atoms. The molecule has 2 saturated heterocycles. The molecule has 0 bridgehead atoms. The van der Waals surface area contributed by atoms with E-state index in [2.05, 4.69) is 4.98 Å². The Balaban J connectivity index is 1.66. The fourth-order valence-electron chi connectivity index (χ4n) is 3.66. The van der Waals surface area contributed by atoms with Gasteiger partial charge in [0.05, 0.1) is 23.3 Å². The number of benzene rings is 1. The van der Waals surface area contributed by atoms with Crippen molar-refractivity contribution in [2.75, 3.05) is 24.7 Å². The Labute approximate surface area is 177 Å². The monoisotopic (exact) mass is 437 g/mol. The highest BCUT2D eigenvalue weighted by molar-refractivity contribution is 6.31. The minimum atomic E-state index is -0.689. The van der Waals surface area contributed by atoms with Gasteiger partial charge in [-0.25, -0.2) is 9.37 Å². The highest BCUT2D eigenvalue weighted by Crippen LogP contribution is 2.31. The summed E-state index contributed by atoms with van der Waals surface area (Å²) in [6.07, 6.45) is 1.45. The molecule has 6 nitrogen and oxygen atoms in total. The number of halogens is 3. The molecular formula is C20H18Cl2FN3O3. The molecule has 9 heteroatoms. The Kier molecular flexibility index (Phi) is 5.46. The van der Waals surface area contributed by atoms with Gasteiger partial charge in [0.1, 0.15) is 24.2 Å². The van der Waals surface area contributed by atoms with Crippen LogP contribution in [-0.4, -0.2) is 47.5 Å². The van der Waals surface area contributed by atoms with Gasteiger partial charge in [0.25, 0.3) is 5.91 Å². The first-order valence-corrected chi connectivity index (χ1v) is 9.85. The van der Waals surface area contributed by atoms with Crippen molar-refractivity contribution >= 4 is 40.8 Å². The summed E-state index contributed by atoms with van der Waals surface area (Å²) >= 11 is 11.8. The van der Waals surface area contributed by atoms with E-state index < -0.39 is 11.9 Å². The number of hydrogen-bond acceptors (Lipinski definition) is 4. The number of nitrogens with zero attached hydrogens (tertiary/aromatic N) is 3. The predicted molar refractivity (Wildman–Crippen MR) is 106 cm³/mol. The Morgan fingerprint density at radius 3 is 2.62 bits per heavy atom. The first-order valence-electron chi connectivity index (χ1n) is 9.10. The molecule has 152 valence electrons. The number of aromatic nitrogens is 1. The van der Waals surface area contributed by atoms with Crippen LogP contribution in [0.5, 0.6) is 0 Å². The Morgan fingerprint density at radius 1 is 1.24 bits per heavy atom. The van der Waals surface area contributed by atoms with Crippen LogP contribution in [0.15, 0.2) is 30.5 Å². The van der Waals surface area contributed by atoms with Gasteiger partial charge in [-0.2, -0.15) is 0 Å². The maximum atomic E-state index is 13.5. The first kappa shape index (κ1) is 20.1. The van der Waals surface area contributed by atoms with Crippen LogP contribution in [0.3, 0.4) is 0 Å². The van der Waals surface area contributed by atoms with E-state index in [0.717, 1.165) is 0 Å². The molecule has 0 saturated carbocycles. The van der Waals surface area contributed by atoms with Gasteiger partial charge in [-0.15, -0.1) is 0 Å². The molecule has 1 atom stereocenters. The molecule has 0 radical (unpaired) electrons. The molecule has 4 rings (SSSR count). The van der Waals surface area contributed by atoms with Crippen LogP contribution in [0.2, 0.25) is 10.0 Å². The lowest BCUT2D eigenvalue weighted by molar-refractivity contribution is -0.155. The molecule has 29 heavy (non-hydrogen) atoms. The molecule has 2 aromatic rings. The number of aryl methyl sites for hydroxylation is 1. The third-order valence-corrected chi connectivity index (χ3v) is 5.69. The lowest BCUT2D eigenvalue weighted by Gasteiger charge is -2.45. The maximum absolute atomic E-state index is 13.5. The molecule has 1 aromatic carbocycles. The quantitative estimate of drug-likeness (QED) is 0.736. The number of amides is 2. The summed E-state index contributed by atoms with van der Waals surface area (Å²) in [6.45, 7) is 2.61. The number of carbonyl (C=O) groups excluding carboxylic acids is 2. The second kappa shape index (κ2) is 7.89. The van der Waals surface area contributed by atoms with E-state index in [-0.39, 0.29) is 35.8 Å². The van der Waals surface area contributed by atoms with E-state index in [1.54, 1.807) is 19.1 Å². The fraction of sp³-hybridized carbons (Fsp3) is 0.350. The van der Waals surface area contributed by atoms with Crippen LogP contribution in [0, 0.1) is 18.7 Å². The molecule has 0 N–H and O–H groups in total. The van der Waals surface area contributed by atoms with Crippen LogP contribution in [0.4, 0.5) is 10.2 Å². The molecule has 3 heterocycles. The SMILES string of the molecule is Cc1cc(Cl)cnc1N1CC(=O)N(Cc2ccc(F)c(Cl)c2)C(C2COC2)C1=O. The van der Waals surface area contributed by atoms with Crippen LogP contribution in [0.25, 0.3) is 0 Å². The number of piperazine rings is 1. The normalized spacial score (nSPS) is 20.2. The minimum Gasteiger partial charge on any atom is -0.380 e.